The Hall–Kier alpha value is -2.28. The van der Waals surface area contributed by atoms with Crippen molar-refractivity contribution in [1.82, 2.24) is 9.80 Å². The van der Waals surface area contributed by atoms with Crippen molar-refractivity contribution >= 4 is 0 Å². The zero-order valence-electron chi connectivity index (χ0n) is 28.3. The van der Waals surface area contributed by atoms with Crippen molar-refractivity contribution in [1.29, 1.82) is 0 Å². The molecule has 4 aliphatic heterocycles. The molecule has 10 nitrogen and oxygen atoms in total. The van der Waals surface area contributed by atoms with E-state index in [1.807, 2.05) is 19.1 Å². The third kappa shape index (κ3) is 3.61. The highest BCUT2D eigenvalue weighted by atomic mass is 16.5. The van der Waals surface area contributed by atoms with E-state index in [0.29, 0.717) is 19.4 Å². The van der Waals surface area contributed by atoms with Crippen LogP contribution in [0.3, 0.4) is 0 Å². The number of likely N-dealkylation sites (tertiary alicyclic amines) is 2. The summed E-state index contributed by atoms with van der Waals surface area (Å²) in [4.78, 5) is 4.59. The molecule has 260 valence electrons. The Morgan fingerprint density at radius 2 is 1.25 bits per heavy atom. The van der Waals surface area contributed by atoms with Gasteiger partial charge in [0.25, 0.3) is 0 Å². The van der Waals surface area contributed by atoms with E-state index in [-0.39, 0.29) is 37.5 Å². The van der Waals surface area contributed by atoms with Gasteiger partial charge >= 0.3 is 0 Å². The zero-order chi connectivity index (χ0) is 33.4. The summed E-state index contributed by atoms with van der Waals surface area (Å²) in [7, 11) is 4.21. The fourth-order valence-corrected chi connectivity index (χ4v) is 12.2. The van der Waals surface area contributed by atoms with E-state index in [1.54, 1.807) is 0 Å². The molecule has 2 unspecified atom stereocenters. The monoisotopic (exact) mass is 662 g/mol. The Labute approximate surface area is 282 Å². The van der Waals surface area contributed by atoms with Gasteiger partial charge in [-0.15, -0.1) is 0 Å². The van der Waals surface area contributed by atoms with Crippen LogP contribution in [0.1, 0.15) is 78.8 Å². The highest BCUT2D eigenvalue weighted by Gasteiger charge is 2.74. The molecule has 10 atom stereocenters. The number of aliphatic hydroxyl groups is 5. The topological polar surface area (TPSA) is 135 Å². The lowest BCUT2D eigenvalue weighted by Gasteiger charge is -2.63. The number of hydrogen-bond donors (Lipinski definition) is 5. The van der Waals surface area contributed by atoms with Crippen LogP contribution in [0.5, 0.6) is 11.5 Å². The van der Waals surface area contributed by atoms with Gasteiger partial charge < -0.3 is 49.5 Å². The van der Waals surface area contributed by atoms with Crippen LogP contribution in [-0.2, 0) is 41.6 Å². The second-order valence-corrected chi connectivity index (χ2v) is 15.9. The first kappa shape index (κ1) is 31.7. The summed E-state index contributed by atoms with van der Waals surface area (Å²) in [6.07, 6.45) is 4.90. The van der Waals surface area contributed by atoms with E-state index in [4.69, 9.17) is 14.2 Å². The molecule has 8 aliphatic rings. The van der Waals surface area contributed by atoms with Crippen LogP contribution < -0.4 is 9.47 Å². The number of piperidine rings is 2. The first-order chi connectivity index (χ1) is 23.1. The summed E-state index contributed by atoms with van der Waals surface area (Å²) in [6, 6.07) is 8.30. The fourth-order valence-electron chi connectivity index (χ4n) is 12.2. The minimum Gasteiger partial charge on any atom is -0.486 e. The SMILES string of the molecule is CCO[C@H]1CC[C@@]2(O)[C@H]3Cc4ccc(CO)c5c4[C@@]2(CCN3C)C1O5.CN1CC[C@]23c4c5ccc(CO)c4OC2[C@@H](O)CC[C@@]3(O)[C@H]1C5. The molecular weight excluding hydrogens is 612 g/mol. The van der Waals surface area contributed by atoms with Crippen molar-refractivity contribution in [3.05, 3.63) is 57.6 Å². The molecule has 2 saturated carbocycles. The van der Waals surface area contributed by atoms with Crippen molar-refractivity contribution in [3.63, 3.8) is 0 Å². The highest BCUT2D eigenvalue weighted by molar-refractivity contribution is 5.62. The molecule has 48 heavy (non-hydrogen) atoms. The van der Waals surface area contributed by atoms with E-state index in [0.717, 1.165) is 79.8 Å². The smallest absolute Gasteiger partial charge is 0.137 e. The van der Waals surface area contributed by atoms with Crippen LogP contribution >= 0.6 is 0 Å². The summed E-state index contributed by atoms with van der Waals surface area (Å²) in [5, 5.41) is 53.9. The molecule has 2 aromatic carbocycles. The number of benzene rings is 2. The predicted octanol–water partition coefficient (Wildman–Crippen LogP) is 1.69. The maximum absolute atomic E-state index is 12.0. The summed E-state index contributed by atoms with van der Waals surface area (Å²) in [5.41, 5.74) is 3.72. The summed E-state index contributed by atoms with van der Waals surface area (Å²) >= 11 is 0. The van der Waals surface area contributed by atoms with Gasteiger partial charge in [-0.2, -0.15) is 0 Å². The molecule has 4 aliphatic carbocycles. The van der Waals surface area contributed by atoms with Crippen molar-refractivity contribution in [2.24, 2.45) is 0 Å². The number of hydrogen-bond acceptors (Lipinski definition) is 10. The number of rotatable bonds is 4. The van der Waals surface area contributed by atoms with E-state index in [2.05, 4.69) is 36.0 Å². The molecule has 2 saturated heterocycles. The number of likely N-dealkylation sites (N-methyl/N-ethyl adjacent to an activating group) is 2. The van der Waals surface area contributed by atoms with Gasteiger partial charge in [-0.3, -0.25) is 0 Å². The largest absolute Gasteiger partial charge is 0.486 e. The molecule has 10 heteroatoms. The first-order valence-corrected chi connectivity index (χ1v) is 18.1. The Morgan fingerprint density at radius 3 is 1.77 bits per heavy atom. The fraction of sp³-hybridized carbons (Fsp3) is 0.684. The quantitative estimate of drug-likeness (QED) is 0.329. The number of aliphatic hydroxyl groups excluding tert-OH is 3. The first-order valence-electron chi connectivity index (χ1n) is 18.1. The van der Waals surface area contributed by atoms with E-state index in [9.17, 15) is 25.5 Å². The second-order valence-electron chi connectivity index (χ2n) is 15.9. The van der Waals surface area contributed by atoms with Gasteiger partial charge in [-0.25, -0.2) is 0 Å². The summed E-state index contributed by atoms with van der Waals surface area (Å²) in [6.45, 7) is 4.40. The molecular formula is C38H50N2O8. The van der Waals surface area contributed by atoms with Gasteiger partial charge in [0.15, 0.2) is 0 Å². The summed E-state index contributed by atoms with van der Waals surface area (Å²) < 4.78 is 18.8. The molecule has 10 rings (SSSR count). The van der Waals surface area contributed by atoms with Crippen LogP contribution in [0.4, 0.5) is 0 Å². The lowest BCUT2D eigenvalue weighted by atomic mass is 9.48. The van der Waals surface area contributed by atoms with Crippen molar-refractivity contribution < 1.29 is 39.7 Å². The van der Waals surface area contributed by atoms with Gasteiger partial charge in [0.1, 0.15) is 23.7 Å². The number of ether oxygens (including phenoxy) is 3. The van der Waals surface area contributed by atoms with Crippen molar-refractivity contribution in [3.8, 4) is 11.5 Å². The summed E-state index contributed by atoms with van der Waals surface area (Å²) in [5.74, 6) is 1.54. The molecule has 2 aromatic rings. The zero-order valence-corrected chi connectivity index (χ0v) is 28.3. The predicted molar refractivity (Wildman–Crippen MR) is 176 cm³/mol. The Kier molecular flexibility index (Phi) is 7.01. The third-order valence-electron chi connectivity index (χ3n) is 14.3. The minimum atomic E-state index is -0.865. The van der Waals surface area contributed by atoms with Crippen LogP contribution in [0.25, 0.3) is 0 Å². The van der Waals surface area contributed by atoms with E-state index in [1.165, 1.54) is 16.7 Å². The molecule has 5 N–H and O–H groups in total. The second kappa shape index (κ2) is 10.6. The molecule has 4 fully saturated rings. The lowest BCUT2D eigenvalue weighted by molar-refractivity contribution is -0.211. The number of nitrogens with zero attached hydrogens (tertiary/aromatic N) is 2. The normalized spacial score (nSPS) is 42.6. The van der Waals surface area contributed by atoms with Crippen LogP contribution in [0.15, 0.2) is 24.3 Å². The van der Waals surface area contributed by atoms with Crippen LogP contribution in [0, 0.1) is 0 Å². The Morgan fingerprint density at radius 1 is 0.750 bits per heavy atom. The van der Waals surface area contributed by atoms with Gasteiger partial charge in [-0.05, 0) is 96.6 Å². The molecule has 4 bridgehead atoms. The Balaban J connectivity index is 0.000000131. The van der Waals surface area contributed by atoms with Gasteiger partial charge in [0.05, 0.1) is 47.5 Å². The highest BCUT2D eigenvalue weighted by Crippen LogP contribution is 2.66. The maximum Gasteiger partial charge on any atom is 0.137 e. The average molecular weight is 663 g/mol. The van der Waals surface area contributed by atoms with E-state index < -0.39 is 34.2 Å². The van der Waals surface area contributed by atoms with Crippen molar-refractivity contribution in [2.45, 2.75) is 130 Å². The van der Waals surface area contributed by atoms with Gasteiger partial charge in [0.2, 0.25) is 0 Å². The van der Waals surface area contributed by atoms with Gasteiger partial charge in [-0.1, -0.05) is 24.3 Å². The average Bonchev–Trinajstić information content (AvgIpc) is 3.62. The van der Waals surface area contributed by atoms with Crippen LogP contribution in [-0.4, -0.2) is 117 Å². The molecule has 0 aromatic heterocycles. The third-order valence-corrected chi connectivity index (χ3v) is 14.3. The molecule has 4 heterocycles. The molecule has 2 spiro atoms. The lowest BCUT2D eigenvalue weighted by Crippen LogP contribution is -2.76. The Bertz CT molecular complexity index is 1650. The van der Waals surface area contributed by atoms with E-state index >= 15 is 0 Å². The van der Waals surface area contributed by atoms with Gasteiger partial charge in [0, 0.05) is 40.9 Å². The maximum atomic E-state index is 12.0. The standard InChI is InChI=1S/C20H27NO4.C18H23NO4/c1-3-24-14-6-7-20(23)15-10-12-4-5-13(11-22)17-16(12)19(20,18(14)25-17)8-9-21(15)2;1-19-7-6-17-14-10-2-3-11(9-20)15(14)23-16(17)12(21)4-5-18(17,22)13(19)8-10/h4-5,14-15,18,22-23H,3,6-11H2,1-2H3;2-3,12-13,16,20-22H,4-9H2,1H3/t14-,15+,18?,19-,20+;12-,13+,16?,17-,18+/m00/s1. The minimum absolute atomic E-state index is 0.000719. The van der Waals surface area contributed by atoms with Crippen molar-refractivity contribution in [2.75, 3.05) is 33.8 Å². The van der Waals surface area contributed by atoms with Crippen LogP contribution in [0.2, 0.25) is 0 Å². The molecule has 0 amide bonds. The molecule has 0 radical (unpaired) electrons.